The molecule has 3 nitrogen and oxygen atoms in total. The smallest absolute Gasteiger partial charge is 0.147 e. The minimum atomic E-state index is 0.596. The van der Waals surface area contributed by atoms with Crippen molar-refractivity contribution in [1.82, 2.24) is 4.98 Å². The number of benzene rings is 1. The zero-order chi connectivity index (χ0) is 10.7. The van der Waals surface area contributed by atoms with Crippen LogP contribution in [0.25, 0.3) is 0 Å². The van der Waals surface area contributed by atoms with E-state index in [4.69, 9.17) is 10.5 Å². The van der Waals surface area contributed by atoms with Crippen LogP contribution in [0.2, 0.25) is 0 Å². The minimum absolute atomic E-state index is 0.596. The lowest BCUT2D eigenvalue weighted by Gasteiger charge is -2.07. The normalized spacial score (nSPS) is 9.93. The summed E-state index contributed by atoms with van der Waals surface area (Å²) in [5.41, 5.74) is 6.20. The number of nitrogen functional groups attached to an aromatic ring is 1. The Balaban J connectivity index is 2.26. The van der Waals surface area contributed by atoms with Crippen molar-refractivity contribution in [3.63, 3.8) is 0 Å². The molecule has 76 valence electrons. The second kappa shape index (κ2) is 4.48. The van der Waals surface area contributed by atoms with Gasteiger partial charge in [0.1, 0.15) is 11.5 Å². The number of rotatable bonds is 2. The first-order chi connectivity index (χ1) is 7.25. The van der Waals surface area contributed by atoms with E-state index in [2.05, 4.69) is 27.6 Å². The number of hydrogen-bond donors (Lipinski definition) is 1. The molecule has 0 spiro atoms. The van der Waals surface area contributed by atoms with Gasteiger partial charge in [-0.3, -0.25) is 4.98 Å². The van der Waals surface area contributed by atoms with Crippen LogP contribution in [0, 0.1) is 3.57 Å². The molecular weight excluding hydrogens is 303 g/mol. The van der Waals surface area contributed by atoms with Crippen LogP contribution in [-0.2, 0) is 0 Å². The third-order valence-corrected chi connectivity index (χ3v) is 2.69. The maximum Gasteiger partial charge on any atom is 0.147 e. The van der Waals surface area contributed by atoms with E-state index in [0.29, 0.717) is 11.4 Å². The summed E-state index contributed by atoms with van der Waals surface area (Å²) in [5.74, 6) is 1.46. The SMILES string of the molecule is Nc1cncc(Oc2ccccc2I)c1. The van der Waals surface area contributed by atoms with Gasteiger partial charge in [-0.15, -0.1) is 0 Å². The Bertz CT molecular complexity index is 474. The average Bonchev–Trinajstić information content (AvgIpc) is 2.22. The van der Waals surface area contributed by atoms with E-state index in [-0.39, 0.29) is 0 Å². The molecule has 0 unspecified atom stereocenters. The van der Waals surface area contributed by atoms with Gasteiger partial charge in [0.15, 0.2) is 0 Å². The molecule has 1 heterocycles. The molecule has 15 heavy (non-hydrogen) atoms. The van der Waals surface area contributed by atoms with Crippen LogP contribution in [0.1, 0.15) is 0 Å². The van der Waals surface area contributed by atoms with E-state index in [9.17, 15) is 0 Å². The van der Waals surface area contributed by atoms with Gasteiger partial charge in [-0.2, -0.15) is 0 Å². The highest BCUT2D eigenvalue weighted by molar-refractivity contribution is 14.1. The van der Waals surface area contributed by atoms with Crippen LogP contribution in [-0.4, -0.2) is 4.98 Å². The molecule has 0 radical (unpaired) electrons. The molecule has 0 amide bonds. The molecule has 1 aromatic heterocycles. The van der Waals surface area contributed by atoms with Gasteiger partial charge in [0.2, 0.25) is 0 Å². The number of hydrogen-bond acceptors (Lipinski definition) is 3. The van der Waals surface area contributed by atoms with Crippen molar-refractivity contribution >= 4 is 28.3 Å². The monoisotopic (exact) mass is 312 g/mol. The van der Waals surface area contributed by atoms with Gasteiger partial charge in [-0.1, -0.05) is 12.1 Å². The Kier molecular flexibility index (Phi) is 3.05. The molecule has 2 N–H and O–H groups in total. The lowest BCUT2D eigenvalue weighted by Crippen LogP contribution is -1.90. The summed E-state index contributed by atoms with van der Waals surface area (Å²) in [6, 6.07) is 9.53. The molecule has 0 fully saturated rings. The van der Waals surface area contributed by atoms with Crippen LogP contribution >= 0.6 is 22.6 Å². The average molecular weight is 312 g/mol. The highest BCUT2D eigenvalue weighted by atomic mass is 127. The van der Waals surface area contributed by atoms with E-state index in [1.54, 1.807) is 18.5 Å². The molecule has 2 rings (SSSR count). The van der Waals surface area contributed by atoms with Gasteiger partial charge >= 0.3 is 0 Å². The Morgan fingerprint density at radius 3 is 2.73 bits per heavy atom. The summed E-state index contributed by atoms with van der Waals surface area (Å²) >= 11 is 2.22. The Labute approximate surface area is 101 Å². The molecule has 0 atom stereocenters. The number of nitrogens with zero attached hydrogens (tertiary/aromatic N) is 1. The summed E-state index contributed by atoms with van der Waals surface area (Å²) in [6.45, 7) is 0. The van der Waals surface area contributed by atoms with Crippen molar-refractivity contribution in [1.29, 1.82) is 0 Å². The van der Waals surface area contributed by atoms with Gasteiger partial charge in [-0.05, 0) is 34.7 Å². The number of nitrogens with two attached hydrogens (primary N) is 1. The number of halogens is 1. The second-order valence-electron chi connectivity index (χ2n) is 2.99. The first-order valence-corrected chi connectivity index (χ1v) is 5.46. The Hall–Kier alpha value is -1.30. The summed E-state index contributed by atoms with van der Waals surface area (Å²) in [6.07, 6.45) is 3.22. The van der Waals surface area contributed by atoms with Crippen LogP contribution < -0.4 is 10.5 Å². The van der Waals surface area contributed by atoms with Gasteiger partial charge < -0.3 is 10.5 Å². The van der Waals surface area contributed by atoms with Crippen molar-refractivity contribution < 1.29 is 4.74 Å². The van der Waals surface area contributed by atoms with Crippen molar-refractivity contribution in [2.24, 2.45) is 0 Å². The van der Waals surface area contributed by atoms with Gasteiger partial charge in [-0.25, -0.2) is 0 Å². The fourth-order valence-corrected chi connectivity index (χ4v) is 1.64. The summed E-state index contributed by atoms with van der Waals surface area (Å²) in [7, 11) is 0. The zero-order valence-electron chi connectivity index (χ0n) is 7.85. The van der Waals surface area contributed by atoms with E-state index in [0.717, 1.165) is 9.32 Å². The molecule has 1 aromatic carbocycles. The number of pyridine rings is 1. The van der Waals surface area contributed by atoms with E-state index < -0.39 is 0 Å². The summed E-state index contributed by atoms with van der Waals surface area (Å²) < 4.78 is 6.69. The maximum absolute atomic E-state index is 5.64. The number of aromatic nitrogens is 1. The highest BCUT2D eigenvalue weighted by Gasteiger charge is 2.01. The van der Waals surface area contributed by atoms with E-state index in [1.165, 1.54) is 0 Å². The predicted molar refractivity (Wildman–Crippen MR) is 67.9 cm³/mol. The van der Waals surface area contributed by atoms with Crippen LogP contribution in [0.15, 0.2) is 42.7 Å². The fourth-order valence-electron chi connectivity index (χ4n) is 1.15. The van der Waals surface area contributed by atoms with Crippen LogP contribution in [0.4, 0.5) is 5.69 Å². The number of anilines is 1. The third kappa shape index (κ3) is 2.59. The Morgan fingerprint density at radius 1 is 1.20 bits per heavy atom. The summed E-state index contributed by atoms with van der Waals surface area (Å²) in [4.78, 5) is 3.96. The topological polar surface area (TPSA) is 48.1 Å². The molecule has 0 aliphatic carbocycles. The Morgan fingerprint density at radius 2 is 2.00 bits per heavy atom. The molecular formula is C11H9IN2O. The van der Waals surface area contributed by atoms with E-state index in [1.807, 2.05) is 24.3 Å². The molecule has 0 aliphatic heterocycles. The molecule has 0 saturated heterocycles. The number of ether oxygens (including phenoxy) is 1. The standard InChI is InChI=1S/C11H9IN2O/c12-10-3-1-2-4-11(10)15-9-5-8(13)6-14-7-9/h1-7H,13H2. The maximum atomic E-state index is 5.64. The molecule has 0 aliphatic rings. The summed E-state index contributed by atoms with van der Waals surface area (Å²) in [5, 5.41) is 0. The van der Waals surface area contributed by atoms with E-state index >= 15 is 0 Å². The molecule has 0 bridgehead atoms. The lowest BCUT2D eigenvalue weighted by atomic mass is 10.3. The quantitative estimate of drug-likeness (QED) is 0.867. The van der Waals surface area contributed by atoms with Crippen molar-refractivity contribution in [2.75, 3.05) is 5.73 Å². The van der Waals surface area contributed by atoms with Crippen molar-refractivity contribution in [3.05, 3.63) is 46.3 Å². The highest BCUT2D eigenvalue weighted by Crippen LogP contribution is 2.26. The predicted octanol–water partition coefficient (Wildman–Crippen LogP) is 3.06. The first-order valence-electron chi connectivity index (χ1n) is 4.38. The van der Waals surface area contributed by atoms with Crippen molar-refractivity contribution in [2.45, 2.75) is 0 Å². The van der Waals surface area contributed by atoms with Gasteiger partial charge in [0, 0.05) is 6.07 Å². The molecule has 4 heteroatoms. The van der Waals surface area contributed by atoms with Crippen LogP contribution in [0.5, 0.6) is 11.5 Å². The fraction of sp³-hybridized carbons (Fsp3) is 0. The van der Waals surface area contributed by atoms with Crippen LogP contribution in [0.3, 0.4) is 0 Å². The number of para-hydroxylation sites is 1. The second-order valence-corrected chi connectivity index (χ2v) is 4.15. The van der Waals surface area contributed by atoms with Crippen molar-refractivity contribution in [3.8, 4) is 11.5 Å². The van der Waals surface area contributed by atoms with Gasteiger partial charge in [0.05, 0.1) is 21.7 Å². The molecule has 0 saturated carbocycles. The largest absolute Gasteiger partial charge is 0.455 e. The minimum Gasteiger partial charge on any atom is -0.455 e. The first kappa shape index (κ1) is 10.2. The lowest BCUT2D eigenvalue weighted by molar-refractivity contribution is 0.477. The molecule has 2 aromatic rings. The zero-order valence-corrected chi connectivity index (χ0v) is 10.0. The van der Waals surface area contributed by atoms with Gasteiger partial charge in [0.25, 0.3) is 0 Å². The third-order valence-electron chi connectivity index (χ3n) is 1.80.